The lowest BCUT2D eigenvalue weighted by Gasteiger charge is -2.21. The maximum absolute atomic E-state index is 6.26. The fourth-order valence-corrected chi connectivity index (χ4v) is 2.27. The number of hydrogen-bond acceptors (Lipinski definition) is 4. The van der Waals surface area contributed by atoms with Gasteiger partial charge in [0.05, 0.1) is 13.2 Å². The number of nitrogens with zero attached hydrogens (tertiary/aromatic N) is 1. The average Bonchev–Trinajstić information content (AvgIpc) is 3.29. The Hall–Kier alpha value is -1.10. The van der Waals surface area contributed by atoms with Crippen molar-refractivity contribution in [3.05, 3.63) is 29.8 Å². The van der Waals surface area contributed by atoms with E-state index in [9.17, 15) is 0 Å². The lowest BCUT2D eigenvalue weighted by Crippen LogP contribution is -2.31. The first kappa shape index (κ1) is 16.3. The predicted molar refractivity (Wildman–Crippen MR) is 85.6 cm³/mol. The minimum atomic E-state index is 0.0223. The maximum atomic E-state index is 6.26. The Bertz CT molecular complexity index is 404. The molecule has 1 aromatic carbocycles. The largest absolute Gasteiger partial charge is 0.494 e. The number of rotatable bonds is 10. The first-order valence-electron chi connectivity index (χ1n) is 7.93. The first-order chi connectivity index (χ1) is 10.2. The van der Waals surface area contributed by atoms with E-state index in [1.54, 1.807) is 0 Å². The van der Waals surface area contributed by atoms with Gasteiger partial charge < -0.3 is 20.1 Å². The molecule has 4 nitrogen and oxygen atoms in total. The Morgan fingerprint density at radius 2 is 2.00 bits per heavy atom. The molecule has 0 aromatic heterocycles. The second-order valence-corrected chi connectivity index (χ2v) is 5.89. The Kier molecular flexibility index (Phi) is 6.49. The standard InChI is InChI=1S/C17H28N2O2/c1-3-21-16-8-6-15(7-9-16)17(18)12-19(2)10-11-20-13-14-4-5-14/h6-9,14,17H,3-5,10-13,18H2,1-2H3. The van der Waals surface area contributed by atoms with E-state index in [0.29, 0.717) is 6.61 Å². The van der Waals surface area contributed by atoms with Gasteiger partial charge in [-0.25, -0.2) is 0 Å². The van der Waals surface area contributed by atoms with Crippen molar-refractivity contribution in [2.45, 2.75) is 25.8 Å². The SMILES string of the molecule is CCOc1ccc(C(N)CN(C)CCOCC2CC2)cc1. The van der Waals surface area contributed by atoms with Crippen molar-refractivity contribution >= 4 is 0 Å². The summed E-state index contributed by atoms with van der Waals surface area (Å²) in [5.41, 5.74) is 7.40. The molecule has 0 amide bonds. The van der Waals surface area contributed by atoms with Crippen LogP contribution in [0.15, 0.2) is 24.3 Å². The summed E-state index contributed by atoms with van der Waals surface area (Å²) < 4.78 is 11.1. The van der Waals surface area contributed by atoms with Gasteiger partial charge >= 0.3 is 0 Å². The zero-order valence-electron chi connectivity index (χ0n) is 13.3. The van der Waals surface area contributed by atoms with Crippen LogP contribution in [-0.4, -0.2) is 44.9 Å². The molecule has 0 heterocycles. The molecule has 1 saturated carbocycles. The van der Waals surface area contributed by atoms with Crippen LogP contribution in [-0.2, 0) is 4.74 Å². The molecule has 2 rings (SSSR count). The summed E-state index contributed by atoms with van der Waals surface area (Å²) in [6.07, 6.45) is 2.69. The molecule has 1 atom stereocenters. The van der Waals surface area contributed by atoms with Crippen LogP contribution in [0.1, 0.15) is 31.4 Å². The highest BCUT2D eigenvalue weighted by atomic mass is 16.5. The monoisotopic (exact) mass is 292 g/mol. The highest BCUT2D eigenvalue weighted by Gasteiger charge is 2.21. The molecule has 1 aliphatic rings. The van der Waals surface area contributed by atoms with Gasteiger partial charge in [0.2, 0.25) is 0 Å². The molecular weight excluding hydrogens is 264 g/mol. The fraction of sp³-hybridized carbons (Fsp3) is 0.647. The highest BCUT2D eigenvalue weighted by molar-refractivity contribution is 5.29. The summed E-state index contributed by atoms with van der Waals surface area (Å²) in [7, 11) is 2.09. The second-order valence-electron chi connectivity index (χ2n) is 5.89. The van der Waals surface area contributed by atoms with Crippen LogP contribution in [0.25, 0.3) is 0 Å². The molecule has 0 saturated heterocycles. The van der Waals surface area contributed by atoms with E-state index in [0.717, 1.165) is 43.5 Å². The van der Waals surface area contributed by atoms with Gasteiger partial charge in [-0.2, -0.15) is 0 Å². The molecule has 1 aromatic rings. The third kappa shape index (κ3) is 6.04. The Morgan fingerprint density at radius 1 is 1.29 bits per heavy atom. The Morgan fingerprint density at radius 3 is 2.62 bits per heavy atom. The summed E-state index contributed by atoms with van der Waals surface area (Å²) in [6, 6.07) is 8.09. The zero-order valence-corrected chi connectivity index (χ0v) is 13.3. The molecule has 118 valence electrons. The quantitative estimate of drug-likeness (QED) is 0.673. The van der Waals surface area contributed by atoms with Crippen molar-refractivity contribution in [3.8, 4) is 5.75 Å². The maximum Gasteiger partial charge on any atom is 0.119 e. The van der Waals surface area contributed by atoms with Crippen molar-refractivity contribution < 1.29 is 9.47 Å². The summed E-state index contributed by atoms with van der Waals surface area (Å²) in [5.74, 6) is 1.73. The van der Waals surface area contributed by atoms with Crippen molar-refractivity contribution in [1.29, 1.82) is 0 Å². The van der Waals surface area contributed by atoms with Crippen molar-refractivity contribution in [2.24, 2.45) is 11.7 Å². The van der Waals surface area contributed by atoms with Crippen LogP contribution in [0, 0.1) is 5.92 Å². The van der Waals surface area contributed by atoms with Crippen molar-refractivity contribution in [2.75, 3.05) is 40.0 Å². The van der Waals surface area contributed by atoms with Crippen LogP contribution in [0.5, 0.6) is 5.75 Å². The van der Waals surface area contributed by atoms with Crippen molar-refractivity contribution in [3.63, 3.8) is 0 Å². The Labute approximate surface area is 128 Å². The van der Waals surface area contributed by atoms with E-state index in [1.165, 1.54) is 12.8 Å². The first-order valence-corrected chi connectivity index (χ1v) is 7.93. The van der Waals surface area contributed by atoms with Gasteiger partial charge in [0, 0.05) is 25.7 Å². The van der Waals surface area contributed by atoms with Crippen LogP contribution >= 0.6 is 0 Å². The van der Waals surface area contributed by atoms with E-state index < -0.39 is 0 Å². The normalized spacial score (nSPS) is 16.2. The van der Waals surface area contributed by atoms with Gasteiger partial charge in [-0.15, -0.1) is 0 Å². The molecule has 1 fully saturated rings. The third-order valence-corrected chi connectivity index (χ3v) is 3.80. The van der Waals surface area contributed by atoms with Gasteiger partial charge in [0.15, 0.2) is 0 Å². The molecular formula is C17H28N2O2. The van der Waals surface area contributed by atoms with Crippen LogP contribution < -0.4 is 10.5 Å². The topological polar surface area (TPSA) is 47.7 Å². The van der Waals surface area contributed by atoms with E-state index in [-0.39, 0.29) is 6.04 Å². The van der Waals surface area contributed by atoms with Gasteiger partial charge in [-0.1, -0.05) is 12.1 Å². The molecule has 2 N–H and O–H groups in total. The van der Waals surface area contributed by atoms with Crippen LogP contribution in [0.3, 0.4) is 0 Å². The molecule has 21 heavy (non-hydrogen) atoms. The summed E-state index contributed by atoms with van der Waals surface area (Å²) in [4.78, 5) is 2.23. The van der Waals surface area contributed by atoms with Gasteiger partial charge in [-0.3, -0.25) is 0 Å². The van der Waals surface area contributed by atoms with Crippen LogP contribution in [0.2, 0.25) is 0 Å². The minimum Gasteiger partial charge on any atom is -0.494 e. The summed E-state index contributed by atoms with van der Waals surface area (Å²) in [5, 5.41) is 0. The number of nitrogens with two attached hydrogens (primary N) is 1. The number of benzene rings is 1. The number of hydrogen-bond donors (Lipinski definition) is 1. The summed E-state index contributed by atoms with van der Waals surface area (Å²) >= 11 is 0. The smallest absolute Gasteiger partial charge is 0.119 e. The highest BCUT2D eigenvalue weighted by Crippen LogP contribution is 2.28. The van der Waals surface area contributed by atoms with E-state index >= 15 is 0 Å². The lowest BCUT2D eigenvalue weighted by molar-refractivity contribution is 0.102. The third-order valence-electron chi connectivity index (χ3n) is 3.80. The molecule has 4 heteroatoms. The zero-order chi connectivity index (χ0) is 15.1. The fourth-order valence-electron chi connectivity index (χ4n) is 2.27. The molecule has 1 aliphatic carbocycles. The Balaban J connectivity index is 1.67. The molecule has 0 aliphatic heterocycles. The predicted octanol–water partition coefficient (Wildman–Crippen LogP) is 2.44. The molecule has 0 spiro atoms. The van der Waals surface area contributed by atoms with Gasteiger partial charge in [0.25, 0.3) is 0 Å². The number of likely N-dealkylation sites (N-methyl/N-ethyl adjacent to an activating group) is 1. The molecule has 0 radical (unpaired) electrons. The summed E-state index contributed by atoms with van der Waals surface area (Å²) in [6.45, 7) is 6.16. The van der Waals surface area contributed by atoms with Gasteiger partial charge in [-0.05, 0) is 50.4 Å². The van der Waals surface area contributed by atoms with E-state index in [1.807, 2.05) is 31.2 Å². The van der Waals surface area contributed by atoms with E-state index in [4.69, 9.17) is 15.2 Å². The lowest BCUT2D eigenvalue weighted by atomic mass is 10.1. The second kappa shape index (κ2) is 8.37. The molecule has 0 bridgehead atoms. The van der Waals surface area contributed by atoms with Crippen molar-refractivity contribution in [1.82, 2.24) is 4.90 Å². The van der Waals surface area contributed by atoms with E-state index in [2.05, 4.69) is 11.9 Å². The average molecular weight is 292 g/mol. The van der Waals surface area contributed by atoms with Crippen LogP contribution in [0.4, 0.5) is 0 Å². The minimum absolute atomic E-state index is 0.0223. The molecule has 1 unspecified atom stereocenters. The number of ether oxygens (including phenoxy) is 2. The van der Waals surface area contributed by atoms with Gasteiger partial charge in [0.1, 0.15) is 5.75 Å².